The van der Waals surface area contributed by atoms with Crippen LogP contribution in [0, 0.1) is 19.7 Å². The molecular formula is C15H18FN3. The number of halogens is 1. The van der Waals surface area contributed by atoms with Gasteiger partial charge in [0.2, 0.25) is 0 Å². The highest BCUT2D eigenvalue weighted by Crippen LogP contribution is 2.22. The molecule has 3 N–H and O–H groups in total. The zero-order chi connectivity index (χ0) is 13.8. The summed E-state index contributed by atoms with van der Waals surface area (Å²) >= 11 is 0. The molecule has 19 heavy (non-hydrogen) atoms. The first kappa shape index (κ1) is 13.6. The van der Waals surface area contributed by atoms with E-state index in [9.17, 15) is 4.39 Å². The van der Waals surface area contributed by atoms with Gasteiger partial charge in [0, 0.05) is 12.4 Å². The average molecular weight is 259 g/mol. The molecular weight excluding hydrogens is 241 g/mol. The number of nitrogens with two attached hydrogens (primary N) is 1. The Kier molecular flexibility index (Phi) is 4.24. The van der Waals surface area contributed by atoms with Gasteiger partial charge in [-0.15, -0.1) is 0 Å². The van der Waals surface area contributed by atoms with E-state index in [1.54, 1.807) is 24.5 Å². The van der Waals surface area contributed by atoms with Crippen molar-refractivity contribution >= 4 is 0 Å². The van der Waals surface area contributed by atoms with Gasteiger partial charge in [-0.2, -0.15) is 0 Å². The number of rotatable bonds is 4. The van der Waals surface area contributed by atoms with Crippen LogP contribution in [0.3, 0.4) is 0 Å². The van der Waals surface area contributed by atoms with E-state index in [0.717, 1.165) is 22.3 Å². The molecule has 100 valence electrons. The highest BCUT2D eigenvalue weighted by atomic mass is 19.1. The molecule has 0 radical (unpaired) electrons. The summed E-state index contributed by atoms with van der Waals surface area (Å²) in [6, 6.07) is 6.69. The van der Waals surface area contributed by atoms with Crippen molar-refractivity contribution in [3.63, 3.8) is 0 Å². The van der Waals surface area contributed by atoms with Crippen LogP contribution in [0.5, 0.6) is 0 Å². The van der Waals surface area contributed by atoms with Gasteiger partial charge >= 0.3 is 0 Å². The predicted molar refractivity (Wildman–Crippen MR) is 73.9 cm³/mol. The summed E-state index contributed by atoms with van der Waals surface area (Å²) in [4.78, 5) is 4.13. The second-order valence-electron chi connectivity index (χ2n) is 4.73. The SMILES string of the molecule is Cc1ccc(F)cc1CC(NN)c1cnccc1C. The molecule has 2 rings (SSSR count). The van der Waals surface area contributed by atoms with E-state index in [0.29, 0.717) is 6.42 Å². The van der Waals surface area contributed by atoms with Crippen LogP contribution < -0.4 is 11.3 Å². The van der Waals surface area contributed by atoms with Crippen molar-refractivity contribution in [2.24, 2.45) is 5.84 Å². The summed E-state index contributed by atoms with van der Waals surface area (Å²) in [5, 5.41) is 0. The molecule has 1 aromatic heterocycles. The Morgan fingerprint density at radius 2 is 2.05 bits per heavy atom. The van der Waals surface area contributed by atoms with Crippen molar-refractivity contribution in [3.05, 3.63) is 64.7 Å². The number of hydrogen-bond acceptors (Lipinski definition) is 3. The van der Waals surface area contributed by atoms with Crippen molar-refractivity contribution < 1.29 is 4.39 Å². The normalized spacial score (nSPS) is 12.4. The van der Waals surface area contributed by atoms with Crippen LogP contribution in [-0.4, -0.2) is 4.98 Å². The Bertz CT molecular complexity index is 569. The third-order valence-electron chi connectivity index (χ3n) is 3.39. The standard InChI is InChI=1S/C15H18FN3/c1-10-3-4-13(16)7-12(10)8-15(19-17)14-9-18-6-5-11(14)2/h3-7,9,15,19H,8,17H2,1-2H3. The second kappa shape index (κ2) is 5.91. The zero-order valence-corrected chi connectivity index (χ0v) is 11.2. The highest BCUT2D eigenvalue weighted by molar-refractivity contribution is 5.31. The van der Waals surface area contributed by atoms with Crippen molar-refractivity contribution in [3.8, 4) is 0 Å². The number of nitrogens with one attached hydrogen (secondary N) is 1. The average Bonchev–Trinajstić information content (AvgIpc) is 2.41. The van der Waals surface area contributed by atoms with Gasteiger partial charge in [-0.05, 0) is 60.7 Å². The van der Waals surface area contributed by atoms with Crippen LogP contribution in [0.4, 0.5) is 4.39 Å². The van der Waals surface area contributed by atoms with Gasteiger partial charge in [0.1, 0.15) is 5.82 Å². The molecule has 2 aromatic rings. The second-order valence-corrected chi connectivity index (χ2v) is 4.73. The van der Waals surface area contributed by atoms with E-state index >= 15 is 0 Å². The summed E-state index contributed by atoms with van der Waals surface area (Å²) < 4.78 is 13.3. The quantitative estimate of drug-likeness (QED) is 0.655. The van der Waals surface area contributed by atoms with E-state index in [-0.39, 0.29) is 11.9 Å². The molecule has 0 saturated carbocycles. The van der Waals surface area contributed by atoms with Crippen LogP contribution in [0.15, 0.2) is 36.7 Å². The van der Waals surface area contributed by atoms with Gasteiger partial charge < -0.3 is 0 Å². The Balaban J connectivity index is 2.29. The number of aromatic nitrogens is 1. The van der Waals surface area contributed by atoms with E-state index in [1.165, 1.54) is 6.07 Å². The van der Waals surface area contributed by atoms with Gasteiger partial charge in [0.05, 0.1) is 6.04 Å². The largest absolute Gasteiger partial charge is 0.271 e. The first-order valence-electron chi connectivity index (χ1n) is 6.23. The number of benzene rings is 1. The lowest BCUT2D eigenvalue weighted by molar-refractivity contribution is 0.543. The van der Waals surface area contributed by atoms with Crippen molar-refractivity contribution in [1.82, 2.24) is 10.4 Å². The minimum Gasteiger partial charge on any atom is -0.271 e. The molecule has 1 atom stereocenters. The van der Waals surface area contributed by atoms with E-state index in [4.69, 9.17) is 5.84 Å². The molecule has 1 aromatic carbocycles. The van der Waals surface area contributed by atoms with E-state index in [1.807, 2.05) is 19.9 Å². The van der Waals surface area contributed by atoms with Crippen LogP contribution in [0.2, 0.25) is 0 Å². The molecule has 0 bridgehead atoms. The molecule has 0 aliphatic rings. The van der Waals surface area contributed by atoms with Gasteiger partial charge in [-0.1, -0.05) is 6.07 Å². The Labute approximate surface area is 112 Å². The number of aryl methyl sites for hydroxylation is 2. The molecule has 0 aliphatic carbocycles. The number of hydrazine groups is 1. The Morgan fingerprint density at radius 3 is 2.74 bits per heavy atom. The maximum absolute atomic E-state index is 13.3. The molecule has 3 nitrogen and oxygen atoms in total. The summed E-state index contributed by atoms with van der Waals surface area (Å²) in [7, 11) is 0. The van der Waals surface area contributed by atoms with Crippen LogP contribution >= 0.6 is 0 Å². The molecule has 0 fully saturated rings. The highest BCUT2D eigenvalue weighted by Gasteiger charge is 2.14. The van der Waals surface area contributed by atoms with Gasteiger partial charge in [0.25, 0.3) is 0 Å². The minimum atomic E-state index is -0.223. The molecule has 0 spiro atoms. The lowest BCUT2D eigenvalue weighted by atomic mass is 9.95. The Hall–Kier alpha value is -1.78. The lowest BCUT2D eigenvalue weighted by Crippen LogP contribution is -2.30. The van der Waals surface area contributed by atoms with Gasteiger partial charge in [-0.25, -0.2) is 4.39 Å². The number of pyridine rings is 1. The maximum atomic E-state index is 13.3. The summed E-state index contributed by atoms with van der Waals surface area (Å²) in [5.41, 5.74) is 6.95. The summed E-state index contributed by atoms with van der Waals surface area (Å²) in [6.07, 6.45) is 4.18. The van der Waals surface area contributed by atoms with E-state index in [2.05, 4.69) is 10.4 Å². The smallest absolute Gasteiger partial charge is 0.123 e. The fourth-order valence-electron chi connectivity index (χ4n) is 2.18. The molecule has 4 heteroatoms. The first-order valence-corrected chi connectivity index (χ1v) is 6.23. The predicted octanol–water partition coefficient (Wildman–Crippen LogP) is 2.58. The molecule has 1 unspecified atom stereocenters. The fraction of sp³-hybridized carbons (Fsp3) is 0.267. The van der Waals surface area contributed by atoms with Gasteiger partial charge in [-0.3, -0.25) is 16.3 Å². The molecule has 0 saturated heterocycles. The molecule has 0 aliphatic heterocycles. The molecule has 1 heterocycles. The maximum Gasteiger partial charge on any atom is 0.123 e. The van der Waals surface area contributed by atoms with Crippen molar-refractivity contribution in [2.45, 2.75) is 26.3 Å². The fourth-order valence-corrected chi connectivity index (χ4v) is 2.18. The third kappa shape index (κ3) is 3.16. The Morgan fingerprint density at radius 1 is 1.26 bits per heavy atom. The minimum absolute atomic E-state index is 0.0748. The number of nitrogens with zero attached hydrogens (tertiary/aromatic N) is 1. The number of hydrogen-bond donors (Lipinski definition) is 2. The third-order valence-corrected chi connectivity index (χ3v) is 3.39. The van der Waals surface area contributed by atoms with Crippen molar-refractivity contribution in [2.75, 3.05) is 0 Å². The summed E-state index contributed by atoms with van der Waals surface area (Å²) in [6.45, 7) is 3.98. The monoisotopic (exact) mass is 259 g/mol. The van der Waals surface area contributed by atoms with E-state index < -0.39 is 0 Å². The zero-order valence-electron chi connectivity index (χ0n) is 11.2. The van der Waals surface area contributed by atoms with Crippen LogP contribution in [0.1, 0.15) is 28.3 Å². The lowest BCUT2D eigenvalue weighted by Gasteiger charge is -2.19. The molecule has 0 amide bonds. The first-order chi connectivity index (χ1) is 9.11. The topological polar surface area (TPSA) is 50.9 Å². The van der Waals surface area contributed by atoms with Crippen LogP contribution in [0.25, 0.3) is 0 Å². The van der Waals surface area contributed by atoms with Crippen LogP contribution in [-0.2, 0) is 6.42 Å². The van der Waals surface area contributed by atoms with Crippen molar-refractivity contribution in [1.29, 1.82) is 0 Å². The van der Waals surface area contributed by atoms with Gasteiger partial charge in [0.15, 0.2) is 0 Å². The summed E-state index contributed by atoms with van der Waals surface area (Å²) in [5.74, 6) is 5.42.